The van der Waals surface area contributed by atoms with E-state index in [0.29, 0.717) is 24.4 Å². The summed E-state index contributed by atoms with van der Waals surface area (Å²) < 4.78 is 9.01. The van der Waals surface area contributed by atoms with Crippen molar-refractivity contribution in [2.75, 3.05) is 37.6 Å². The first-order valence-electron chi connectivity index (χ1n) is 12.8. The second-order valence-electron chi connectivity index (χ2n) is 9.51. The predicted octanol–water partition coefficient (Wildman–Crippen LogP) is 5.16. The van der Waals surface area contributed by atoms with Crippen molar-refractivity contribution in [3.8, 4) is 5.75 Å². The van der Waals surface area contributed by atoms with Crippen molar-refractivity contribution in [1.82, 2.24) is 14.3 Å². The molecule has 0 aliphatic carbocycles. The maximum Gasteiger partial charge on any atom is 0.261 e. The molecule has 37 heavy (non-hydrogen) atoms. The molecular weight excluding hydrogens is 480 g/mol. The number of thiophene rings is 1. The first-order valence-corrected chi connectivity index (χ1v) is 13.7. The van der Waals surface area contributed by atoms with E-state index in [0.717, 1.165) is 49.5 Å². The van der Waals surface area contributed by atoms with Gasteiger partial charge in [-0.3, -0.25) is 14.1 Å². The Morgan fingerprint density at radius 1 is 0.946 bits per heavy atom. The minimum absolute atomic E-state index is 0.00423. The lowest BCUT2D eigenvalue weighted by atomic mass is 10.1. The second-order valence-corrected chi connectivity index (χ2v) is 10.5. The molecule has 1 saturated heterocycles. The standard InChI is InChI=1S/C30H30N4O2S/c1-22-24(12-15-32-16-18-33(19-17-32)26-9-5-11-28-25(26)13-20-37-28)30(35)34-14-6-10-27(29(34)31-22)36-21-23-7-3-2-4-8-23/h2-11,13-14,20H,12,15-19,21H2,1H3. The monoisotopic (exact) mass is 510 g/mol. The number of hydrogen-bond acceptors (Lipinski definition) is 6. The summed E-state index contributed by atoms with van der Waals surface area (Å²) in [7, 11) is 0. The lowest BCUT2D eigenvalue weighted by Crippen LogP contribution is -2.47. The van der Waals surface area contributed by atoms with Crippen molar-refractivity contribution in [1.29, 1.82) is 0 Å². The molecule has 0 unspecified atom stereocenters. The number of pyridine rings is 1. The molecule has 0 atom stereocenters. The number of hydrogen-bond donors (Lipinski definition) is 0. The smallest absolute Gasteiger partial charge is 0.261 e. The van der Waals surface area contributed by atoms with Crippen molar-refractivity contribution in [2.45, 2.75) is 20.0 Å². The zero-order valence-electron chi connectivity index (χ0n) is 21.0. The van der Waals surface area contributed by atoms with Gasteiger partial charge in [-0.05, 0) is 54.6 Å². The Morgan fingerprint density at radius 2 is 1.78 bits per heavy atom. The summed E-state index contributed by atoms with van der Waals surface area (Å²) in [6.45, 7) is 7.17. The second kappa shape index (κ2) is 10.4. The van der Waals surface area contributed by atoms with E-state index in [-0.39, 0.29) is 5.56 Å². The molecule has 7 heteroatoms. The average molecular weight is 511 g/mol. The summed E-state index contributed by atoms with van der Waals surface area (Å²) in [5.41, 5.74) is 4.53. The number of rotatable bonds is 7. The third-order valence-electron chi connectivity index (χ3n) is 7.22. The van der Waals surface area contributed by atoms with Gasteiger partial charge in [0.25, 0.3) is 5.56 Å². The third kappa shape index (κ3) is 4.84. The zero-order valence-corrected chi connectivity index (χ0v) is 21.8. The van der Waals surface area contributed by atoms with E-state index < -0.39 is 0 Å². The van der Waals surface area contributed by atoms with Gasteiger partial charge in [0.05, 0.1) is 0 Å². The molecular formula is C30H30N4O2S. The molecule has 1 aliphatic rings. The van der Waals surface area contributed by atoms with E-state index >= 15 is 0 Å². The van der Waals surface area contributed by atoms with Crippen LogP contribution in [0.25, 0.3) is 15.7 Å². The van der Waals surface area contributed by atoms with E-state index in [1.165, 1.54) is 15.8 Å². The van der Waals surface area contributed by atoms with Crippen molar-refractivity contribution in [3.05, 3.63) is 105 Å². The number of fused-ring (bicyclic) bond motifs is 2. The topological polar surface area (TPSA) is 50.1 Å². The SMILES string of the molecule is Cc1nc2c(OCc3ccccc3)cccn2c(=O)c1CCN1CCN(c2cccc3sccc23)CC1. The van der Waals surface area contributed by atoms with E-state index in [2.05, 4.69) is 39.4 Å². The van der Waals surface area contributed by atoms with Crippen molar-refractivity contribution in [2.24, 2.45) is 0 Å². The molecule has 3 aromatic heterocycles. The van der Waals surface area contributed by atoms with Gasteiger partial charge in [-0.2, -0.15) is 0 Å². The summed E-state index contributed by atoms with van der Waals surface area (Å²) in [6.07, 6.45) is 2.47. The number of aromatic nitrogens is 2. The van der Waals surface area contributed by atoms with Crippen LogP contribution in [-0.4, -0.2) is 47.0 Å². The summed E-state index contributed by atoms with van der Waals surface area (Å²) in [4.78, 5) is 23.2. The Balaban J connectivity index is 1.13. The maximum absolute atomic E-state index is 13.4. The molecule has 6 rings (SSSR count). The Kier molecular flexibility index (Phi) is 6.64. The van der Waals surface area contributed by atoms with E-state index in [1.54, 1.807) is 21.9 Å². The Morgan fingerprint density at radius 3 is 2.62 bits per heavy atom. The Hall–Kier alpha value is -3.68. The fraction of sp³-hybridized carbons (Fsp3) is 0.267. The van der Waals surface area contributed by atoms with Crippen molar-refractivity contribution < 1.29 is 4.74 Å². The van der Waals surface area contributed by atoms with Crippen molar-refractivity contribution in [3.63, 3.8) is 0 Å². The van der Waals surface area contributed by atoms with Gasteiger partial charge in [-0.15, -0.1) is 11.3 Å². The highest BCUT2D eigenvalue weighted by atomic mass is 32.1. The molecule has 0 bridgehead atoms. The van der Waals surface area contributed by atoms with Crippen LogP contribution in [0.1, 0.15) is 16.8 Å². The average Bonchev–Trinajstić information content (AvgIpc) is 3.42. The fourth-order valence-corrected chi connectivity index (χ4v) is 5.96. The Bertz CT molecular complexity index is 1590. The Labute approximate surface area is 220 Å². The van der Waals surface area contributed by atoms with E-state index in [9.17, 15) is 4.79 Å². The number of piperazine rings is 1. The molecule has 6 nitrogen and oxygen atoms in total. The number of nitrogens with zero attached hydrogens (tertiary/aromatic N) is 4. The van der Waals surface area contributed by atoms with E-state index in [4.69, 9.17) is 9.72 Å². The van der Waals surface area contributed by atoms with Gasteiger partial charge in [0.2, 0.25) is 0 Å². The number of anilines is 1. The fourth-order valence-electron chi connectivity index (χ4n) is 5.15. The maximum atomic E-state index is 13.4. The molecule has 2 aromatic carbocycles. The van der Waals surface area contributed by atoms with Gasteiger partial charge in [0, 0.05) is 66.0 Å². The largest absolute Gasteiger partial charge is 0.485 e. The van der Waals surface area contributed by atoms with Gasteiger partial charge in [-0.1, -0.05) is 36.4 Å². The van der Waals surface area contributed by atoms with E-state index in [1.807, 2.05) is 49.4 Å². The molecule has 0 spiro atoms. The van der Waals surface area contributed by atoms with Crippen LogP contribution >= 0.6 is 11.3 Å². The van der Waals surface area contributed by atoms with Gasteiger partial charge in [0.1, 0.15) is 6.61 Å². The van der Waals surface area contributed by atoms with Gasteiger partial charge in [-0.25, -0.2) is 4.98 Å². The molecule has 4 heterocycles. The van der Waals surface area contributed by atoms with Crippen LogP contribution in [-0.2, 0) is 13.0 Å². The minimum atomic E-state index is -0.00423. The third-order valence-corrected chi connectivity index (χ3v) is 8.10. The van der Waals surface area contributed by atoms with Crippen LogP contribution in [0, 0.1) is 6.92 Å². The summed E-state index contributed by atoms with van der Waals surface area (Å²) in [5, 5.41) is 3.51. The molecule has 1 aliphatic heterocycles. The summed E-state index contributed by atoms with van der Waals surface area (Å²) in [6, 6.07) is 22.5. The molecule has 0 radical (unpaired) electrons. The lowest BCUT2D eigenvalue weighted by Gasteiger charge is -2.36. The summed E-state index contributed by atoms with van der Waals surface area (Å²) in [5.74, 6) is 0.620. The molecule has 0 N–H and O–H groups in total. The lowest BCUT2D eigenvalue weighted by molar-refractivity contribution is 0.260. The quantitative estimate of drug-likeness (QED) is 0.303. The van der Waals surface area contributed by atoms with Gasteiger partial charge >= 0.3 is 0 Å². The highest BCUT2D eigenvalue weighted by Gasteiger charge is 2.20. The van der Waals surface area contributed by atoms with Crippen molar-refractivity contribution >= 4 is 32.8 Å². The molecule has 0 saturated carbocycles. The first-order chi connectivity index (χ1) is 18.2. The van der Waals surface area contributed by atoms with Crippen LogP contribution in [0.2, 0.25) is 0 Å². The van der Waals surface area contributed by atoms with Crippen LogP contribution in [0.15, 0.2) is 83.1 Å². The summed E-state index contributed by atoms with van der Waals surface area (Å²) >= 11 is 1.80. The van der Waals surface area contributed by atoms with Crippen LogP contribution in [0.4, 0.5) is 5.69 Å². The number of ether oxygens (including phenoxy) is 1. The normalized spacial score (nSPS) is 14.5. The van der Waals surface area contributed by atoms with Crippen LogP contribution < -0.4 is 15.2 Å². The predicted molar refractivity (Wildman–Crippen MR) is 151 cm³/mol. The molecule has 188 valence electrons. The highest BCUT2D eigenvalue weighted by Crippen LogP contribution is 2.31. The van der Waals surface area contributed by atoms with Crippen LogP contribution in [0.3, 0.4) is 0 Å². The van der Waals surface area contributed by atoms with Gasteiger partial charge in [0.15, 0.2) is 11.4 Å². The highest BCUT2D eigenvalue weighted by molar-refractivity contribution is 7.17. The molecule has 5 aromatic rings. The van der Waals surface area contributed by atoms with Gasteiger partial charge < -0.3 is 9.64 Å². The number of aryl methyl sites for hydroxylation is 1. The number of benzene rings is 2. The zero-order chi connectivity index (χ0) is 25.2. The minimum Gasteiger partial charge on any atom is -0.485 e. The van der Waals surface area contributed by atoms with Crippen LogP contribution in [0.5, 0.6) is 5.75 Å². The first kappa shape index (κ1) is 23.7. The molecule has 1 fully saturated rings. The molecule has 0 amide bonds.